The summed E-state index contributed by atoms with van der Waals surface area (Å²) in [6.07, 6.45) is 5.16. The monoisotopic (exact) mass is 322 g/mol. The minimum absolute atomic E-state index is 0.172. The Kier molecular flexibility index (Phi) is 5.04. The number of nitrogens with zero attached hydrogens (tertiary/aromatic N) is 2. The molecular weight excluding hydrogens is 296 g/mol. The molecule has 0 unspecified atom stereocenters. The zero-order valence-electron chi connectivity index (χ0n) is 13.7. The van der Waals surface area contributed by atoms with E-state index in [0.29, 0.717) is 13.2 Å². The first-order chi connectivity index (χ1) is 11.1. The van der Waals surface area contributed by atoms with E-state index in [2.05, 4.69) is 9.80 Å². The Morgan fingerprint density at radius 2 is 2.30 bits per heavy atom. The summed E-state index contributed by atoms with van der Waals surface area (Å²) in [5, 5.41) is 9.92. The molecule has 2 saturated heterocycles. The summed E-state index contributed by atoms with van der Waals surface area (Å²) in [7, 11) is 1.69. The van der Waals surface area contributed by atoms with Crippen molar-refractivity contribution in [1.29, 1.82) is 0 Å². The molecule has 0 spiro atoms. The molecule has 128 valence electrons. The lowest BCUT2D eigenvalue weighted by Crippen LogP contribution is -2.41. The van der Waals surface area contributed by atoms with Crippen LogP contribution in [0.5, 0.6) is 0 Å². The molecule has 0 bridgehead atoms. The summed E-state index contributed by atoms with van der Waals surface area (Å²) in [5.74, 6) is -0.459. The van der Waals surface area contributed by atoms with Crippen LogP contribution in [0, 0.1) is 11.3 Å². The van der Waals surface area contributed by atoms with Crippen LogP contribution in [0.4, 0.5) is 0 Å². The van der Waals surface area contributed by atoms with E-state index in [9.17, 15) is 9.90 Å². The Hall–Kier alpha value is -1.37. The van der Waals surface area contributed by atoms with Crippen LogP contribution in [0.15, 0.2) is 23.0 Å². The summed E-state index contributed by atoms with van der Waals surface area (Å²) >= 11 is 0. The minimum atomic E-state index is -0.632. The molecule has 0 amide bonds. The molecule has 0 radical (unpaired) electrons. The Bertz CT molecular complexity index is 519. The van der Waals surface area contributed by atoms with Crippen molar-refractivity contribution < 1.29 is 19.1 Å². The van der Waals surface area contributed by atoms with E-state index in [0.717, 1.165) is 51.1 Å². The van der Waals surface area contributed by atoms with Crippen molar-refractivity contribution in [3.63, 3.8) is 0 Å². The zero-order chi connectivity index (χ0) is 16.3. The molecule has 2 aliphatic rings. The van der Waals surface area contributed by atoms with Crippen molar-refractivity contribution in [3.05, 3.63) is 24.2 Å². The zero-order valence-corrected chi connectivity index (χ0v) is 13.7. The molecule has 1 N–H and O–H groups in total. The third-order valence-corrected chi connectivity index (χ3v) is 5.37. The van der Waals surface area contributed by atoms with Gasteiger partial charge in [0.15, 0.2) is 0 Å². The van der Waals surface area contributed by atoms with Gasteiger partial charge in [0.2, 0.25) is 0 Å². The number of rotatable bonds is 6. The lowest BCUT2D eigenvalue weighted by atomic mass is 9.75. The van der Waals surface area contributed by atoms with Gasteiger partial charge in [-0.2, -0.15) is 0 Å². The van der Waals surface area contributed by atoms with E-state index in [1.54, 1.807) is 19.6 Å². The van der Waals surface area contributed by atoms with Crippen molar-refractivity contribution in [1.82, 2.24) is 9.80 Å². The molecule has 2 atom stereocenters. The average Bonchev–Trinajstić information content (AvgIpc) is 3.11. The van der Waals surface area contributed by atoms with Crippen LogP contribution in [-0.2, 0) is 16.1 Å². The number of likely N-dealkylation sites (tertiary alicyclic amines) is 2. The molecule has 0 saturated carbocycles. The fourth-order valence-corrected chi connectivity index (χ4v) is 4.14. The third-order valence-electron chi connectivity index (χ3n) is 5.37. The van der Waals surface area contributed by atoms with Gasteiger partial charge in [0, 0.05) is 51.3 Å². The average molecular weight is 322 g/mol. The van der Waals surface area contributed by atoms with Crippen molar-refractivity contribution in [2.24, 2.45) is 11.3 Å². The summed E-state index contributed by atoms with van der Waals surface area (Å²) < 4.78 is 10.3. The molecule has 23 heavy (non-hydrogen) atoms. The van der Waals surface area contributed by atoms with Crippen molar-refractivity contribution in [2.75, 3.05) is 46.4 Å². The highest BCUT2D eigenvalue weighted by atomic mass is 16.5. The summed E-state index contributed by atoms with van der Waals surface area (Å²) in [5.41, 5.74) is 0.556. The van der Waals surface area contributed by atoms with Crippen molar-refractivity contribution in [3.8, 4) is 0 Å². The predicted octanol–water partition coefficient (Wildman–Crippen LogP) is 1.52. The highest BCUT2D eigenvalue weighted by Crippen LogP contribution is 2.43. The van der Waals surface area contributed by atoms with Gasteiger partial charge >= 0.3 is 5.97 Å². The number of fused-ring (bicyclic) bond motifs is 1. The standard InChI is InChI=1S/C17H26N2O4/c1-22-8-6-19-11-15-10-18(9-14-3-7-23-12-14)5-2-4-17(15,13-19)16(20)21/h3,7,12,15H,2,4-6,8-11,13H2,1H3,(H,20,21)/t15-,17-/m1/s1. The molecule has 1 aromatic rings. The largest absolute Gasteiger partial charge is 0.481 e. The highest BCUT2D eigenvalue weighted by Gasteiger charge is 2.53. The Morgan fingerprint density at radius 3 is 3.00 bits per heavy atom. The maximum absolute atomic E-state index is 12.1. The van der Waals surface area contributed by atoms with Gasteiger partial charge in [-0.25, -0.2) is 0 Å². The second-order valence-corrected chi connectivity index (χ2v) is 6.86. The molecule has 1 aromatic heterocycles. The molecule has 6 nitrogen and oxygen atoms in total. The first kappa shape index (κ1) is 16.5. The SMILES string of the molecule is COCCN1C[C@H]2CN(Cc3ccoc3)CCC[C@@]2(C(=O)O)C1. The first-order valence-corrected chi connectivity index (χ1v) is 8.32. The quantitative estimate of drug-likeness (QED) is 0.857. The first-order valence-electron chi connectivity index (χ1n) is 8.32. The van der Waals surface area contributed by atoms with Gasteiger partial charge in [-0.1, -0.05) is 0 Å². The van der Waals surface area contributed by atoms with Gasteiger partial charge in [-0.3, -0.25) is 14.6 Å². The Morgan fingerprint density at radius 1 is 1.48 bits per heavy atom. The maximum Gasteiger partial charge on any atom is 0.311 e. The number of hydrogen-bond acceptors (Lipinski definition) is 5. The topological polar surface area (TPSA) is 66.2 Å². The summed E-state index contributed by atoms with van der Waals surface area (Å²) in [4.78, 5) is 16.7. The normalized spacial score (nSPS) is 29.3. The second-order valence-electron chi connectivity index (χ2n) is 6.86. The lowest BCUT2D eigenvalue weighted by molar-refractivity contribution is -0.151. The van der Waals surface area contributed by atoms with E-state index in [1.165, 1.54) is 0 Å². The van der Waals surface area contributed by atoms with E-state index in [1.807, 2.05) is 6.07 Å². The van der Waals surface area contributed by atoms with Crippen LogP contribution < -0.4 is 0 Å². The minimum Gasteiger partial charge on any atom is -0.481 e. The molecule has 3 heterocycles. The van der Waals surface area contributed by atoms with Gasteiger partial charge in [0.25, 0.3) is 0 Å². The van der Waals surface area contributed by atoms with Crippen molar-refractivity contribution in [2.45, 2.75) is 19.4 Å². The van der Waals surface area contributed by atoms with Crippen LogP contribution in [0.1, 0.15) is 18.4 Å². The number of carboxylic acids is 1. The molecule has 6 heteroatoms. The predicted molar refractivity (Wildman–Crippen MR) is 85.1 cm³/mol. The molecule has 0 aliphatic carbocycles. The van der Waals surface area contributed by atoms with Gasteiger partial charge in [0.1, 0.15) is 0 Å². The number of ether oxygens (including phenoxy) is 1. The number of furan rings is 1. The van der Waals surface area contributed by atoms with Gasteiger partial charge in [-0.15, -0.1) is 0 Å². The fourth-order valence-electron chi connectivity index (χ4n) is 4.14. The van der Waals surface area contributed by atoms with Crippen molar-refractivity contribution >= 4 is 5.97 Å². The van der Waals surface area contributed by atoms with E-state index in [-0.39, 0.29) is 5.92 Å². The number of methoxy groups -OCH3 is 1. The van der Waals surface area contributed by atoms with Crippen LogP contribution in [0.25, 0.3) is 0 Å². The molecule has 2 fully saturated rings. The lowest BCUT2D eigenvalue weighted by Gasteiger charge is -2.29. The van der Waals surface area contributed by atoms with Crippen LogP contribution in [-0.4, -0.2) is 67.3 Å². The summed E-state index contributed by atoms with van der Waals surface area (Å²) in [6.45, 7) is 5.58. The van der Waals surface area contributed by atoms with Crippen LogP contribution >= 0.6 is 0 Å². The van der Waals surface area contributed by atoms with Gasteiger partial charge in [-0.05, 0) is 25.5 Å². The third kappa shape index (κ3) is 3.44. The highest BCUT2D eigenvalue weighted by molar-refractivity contribution is 5.76. The molecule has 0 aromatic carbocycles. The van der Waals surface area contributed by atoms with Crippen LogP contribution in [0.3, 0.4) is 0 Å². The second kappa shape index (κ2) is 7.03. The van der Waals surface area contributed by atoms with E-state index >= 15 is 0 Å². The molecular formula is C17H26N2O4. The number of hydrogen-bond donors (Lipinski definition) is 1. The number of aliphatic carboxylic acids is 1. The van der Waals surface area contributed by atoms with Gasteiger partial charge in [0.05, 0.1) is 24.5 Å². The maximum atomic E-state index is 12.1. The molecule has 3 rings (SSSR count). The molecule has 2 aliphatic heterocycles. The Labute approximate surface area is 137 Å². The number of carboxylic acid groups (broad SMARTS) is 1. The fraction of sp³-hybridized carbons (Fsp3) is 0.706. The smallest absolute Gasteiger partial charge is 0.311 e. The van der Waals surface area contributed by atoms with E-state index in [4.69, 9.17) is 9.15 Å². The van der Waals surface area contributed by atoms with Crippen LogP contribution in [0.2, 0.25) is 0 Å². The number of carbonyl (C=O) groups is 1. The Balaban J connectivity index is 1.71. The van der Waals surface area contributed by atoms with Gasteiger partial charge < -0.3 is 14.3 Å². The summed E-state index contributed by atoms with van der Waals surface area (Å²) in [6, 6.07) is 1.98. The van der Waals surface area contributed by atoms with E-state index < -0.39 is 11.4 Å².